The van der Waals surface area contributed by atoms with E-state index in [-0.39, 0.29) is 10.7 Å². The highest BCUT2D eigenvalue weighted by Crippen LogP contribution is 2.38. The molecule has 1 heterocycles. The van der Waals surface area contributed by atoms with Crippen LogP contribution in [0.5, 0.6) is 11.8 Å². The number of rotatable bonds is 7. The van der Waals surface area contributed by atoms with Crippen LogP contribution in [-0.2, 0) is 10.2 Å². The van der Waals surface area contributed by atoms with E-state index in [0.717, 1.165) is 11.8 Å². The molecule has 5 nitrogen and oxygen atoms in total. The molecule has 1 aromatic carbocycles. The van der Waals surface area contributed by atoms with Crippen molar-refractivity contribution in [2.24, 2.45) is 0 Å². The van der Waals surface area contributed by atoms with Crippen molar-refractivity contribution in [2.45, 2.75) is 43.5 Å². The van der Waals surface area contributed by atoms with Gasteiger partial charge in [0.05, 0.1) is 25.5 Å². The molecular formula is C19H24N2O3S. The van der Waals surface area contributed by atoms with Crippen LogP contribution >= 0.6 is 11.8 Å². The highest BCUT2D eigenvalue weighted by molar-refractivity contribution is 8.00. The van der Waals surface area contributed by atoms with Gasteiger partial charge in [0, 0.05) is 5.41 Å². The Morgan fingerprint density at radius 1 is 1.08 bits per heavy atom. The zero-order valence-corrected chi connectivity index (χ0v) is 16.3. The minimum absolute atomic E-state index is 0.356. The summed E-state index contributed by atoms with van der Waals surface area (Å²) in [5.74, 6) is 0.812. The summed E-state index contributed by atoms with van der Waals surface area (Å²) in [6, 6.07) is 7.90. The number of thioether (sulfide) groups is 1. The van der Waals surface area contributed by atoms with Crippen molar-refractivity contribution >= 4 is 18.0 Å². The predicted octanol–water partition coefficient (Wildman–Crippen LogP) is 3.75. The number of hydrogen-bond acceptors (Lipinski definition) is 6. The summed E-state index contributed by atoms with van der Waals surface area (Å²) in [6.07, 6.45) is 0.958. The van der Waals surface area contributed by atoms with E-state index in [0.29, 0.717) is 16.9 Å². The van der Waals surface area contributed by atoms with Crippen molar-refractivity contribution in [3.63, 3.8) is 0 Å². The SMILES string of the molecule is COc1cc(OC)nc(SC(C=O)C(C)(C)c2ccc(C)cc2C)n1. The standard InChI is InChI=1S/C19H24N2O3S/c1-12-7-8-14(13(2)9-12)19(3,4)15(11-22)25-18-20-16(23-5)10-17(21-18)24-6/h7-11,15H,1-6H3. The van der Waals surface area contributed by atoms with Gasteiger partial charge in [-0.05, 0) is 25.0 Å². The Morgan fingerprint density at radius 3 is 2.16 bits per heavy atom. The number of aldehydes is 1. The first kappa shape index (κ1) is 19.2. The molecular weight excluding hydrogens is 336 g/mol. The van der Waals surface area contributed by atoms with Gasteiger partial charge in [-0.15, -0.1) is 0 Å². The molecule has 134 valence electrons. The summed E-state index contributed by atoms with van der Waals surface area (Å²) in [6.45, 7) is 8.26. The van der Waals surface area contributed by atoms with Crippen LogP contribution in [0.25, 0.3) is 0 Å². The van der Waals surface area contributed by atoms with Crippen LogP contribution < -0.4 is 9.47 Å². The third kappa shape index (κ3) is 4.31. The molecule has 0 fully saturated rings. The third-order valence-corrected chi connectivity index (χ3v) is 5.57. The monoisotopic (exact) mass is 360 g/mol. The predicted molar refractivity (Wildman–Crippen MR) is 99.8 cm³/mol. The van der Waals surface area contributed by atoms with E-state index in [9.17, 15) is 4.79 Å². The highest BCUT2D eigenvalue weighted by Gasteiger charge is 2.34. The van der Waals surface area contributed by atoms with Crippen LogP contribution in [0.2, 0.25) is 0 Å². The van der Waals surface area contributed by atoms with Gasteiger partial charge in [-0.25, -0.2) is 0 Å². The van der Waals surface area contributed by atoms with Gasteiger partial charge in [-0.2, -0.15) is 9.97 Å². The van der Waals surface area contributed by atoms with Crippen LogP contribution in [0.4, 0.5) is 0 Å². The average Bonchev–Trinajstić information content (AvgIpc) is 2.58. The lowest BCUT2D eigenvalue weighted by Gasteiger charge is -2.32. The van der Waals surface area contributed by atoms with Crippen LogP contribution in [0.1, 0.15) is 30.5 Å². The second-order valence-electron chi connectivity index (χ2n) is 6.45. The van der Waals surface area contributed by atoms with E-state index in [1.54, 1.807) is 6.07 Å². The summed E-state index contributed by atoms with van der Waals surface area (Å²) in [5.41, 5.74) is 3.12. The number of methoxy groups -OCH3 is 2. The van der Waals surface area contributed by atoms with E-state index in [4.69, 9.17) is 9.47 Å². The molecule has 0 aliphatic carbocycles. The van der Waals surface area contributed by atoms with Gasteiger partial charge >= 0.3 is 0 Å². The molecule has 25 heavy (non-hydrogen) atoms. The molecule has 0 spiro atoms. The fourth-order valence-corrected chi connectivity index (χ4v) is 3.78. The maximum absolute atomic E-state index is 11.9. The molecule has 0 amide bonds. The van der Waals surface area contributed by atoms with Crippen LogP contribution in [0, 0.1) is 13.8 Å². The zero-order chi connectivity index (χ0) is 18.6. The summed E-state index contributed by atoms with van der Waals surface area (Å²) < 4.78 is 10.4. The normalized spacial score (nSPS) is 12.6. The molecule has 0 N–H and O–H groups in total. The maximum Gasteiger partial charge on any atom is 0.220 e. The number of benzene rings is 1. The van der Waals surface area contributed by atoms with Crippen molar-refractivity contribution in [1.29, 1.82) is 0 Å². The molecule has 6 heteroatoms. The van der Waals surface area contributed by atoms with Gasteiger partial charge in [0.25, 0.3) is 0 Å². The molecule has 0 saturated carbocycles. The second-order valence-corrected chi connectivity index (χ2v) is 7.56. The average molecular weight is 360 g/mol. The molecule has 1 atom stereocenters. The Balaban J connectivity index is 2.37. The van der Waals surface area contributed by atoms with Gasteiger partial charge in [0.2, 0.25) is 11.8 Å². The Labute approximate surface area is 153 Å². The first-order chi connectivity index (χ1) is 11.8. The van der Waals surface area contributed by atoms with Gasteiger partial charge in [0.15, 0.2) is 5.16 Å². The number of hydrogen-bond donors (Lipinski definition) is 0. The number of nitrogens with zero attached hydrogens (tertiary/aromatic N) is 2. The van der Waals surface area contributed by atoms with Crippen molar-refractivity contribution in [2.75, 3.05) is 14.2 Å². The van der Waals surface area contributed by atoms with Crippen molar-refractivity contribution in [3.8, 4) is 11.8 Å². The fraction of sp³-hybridized carbons (Fsp3) is 0.421. The Morgan fingerprint density at radius 2 is 1.68 bits per heavy atom. The minimum atomic E-state index is -0.385. The number of aromatic nitrogens is 2. The number of aryl methyl sites for hydroxylation is 2. The molecule has 1 aromatic heterocycles. The van der Waals surface area contributed by atoms with E-state index in [2.05, 4.69) is 55.9 Å². The lowest BCUT2D eigenvalue weighted by molar-refractivity contribution is -0.108. The van der Waals surface area contributed by atoms with Crippen molar-refractivity contribution in [3.05, 3.63) is 41.0 Å². The first-order valence-electron chi connectivity index (χ1n) is 7.98. The molecule has 0 saturated heterocycles. The van der Waals surface area contributed by atoms with Crippen LogP contribution in [-0.4, -0.2) is 35.7 Å². The van der Waals surface area contributed by atoms with Crippen molar-refractivity contribution < 1.29 is 14.3 Å². The topological polar surface area (TPSA) is 61.3 Å². The number of ether oxygens (including phenoxy) is 2. The Bertz CT molecular complexity index is 740. The molecule has 1 unspecified atom stereocenters. The van der Waals surface area contributed by atoms with Crippen LogP contribution in [0.15, 0.2) is 29.4 Å². The van der Waals surface area contributed by atoms with Gasteiger partial charge < -0.3 is 14.3 Å². The molecule has 0 aliphatic rings. The van der Waals surface area contributed by atoms with Gasteiger partial charge in [-0.1, -0.05) is 49.4 Å². The zero-order valence-electron chi connectivity index (χ0n) is 15.5. The maximum atomic E-state index is 11.9. The highest BCUT2D eigenvalue weighted by atomic mass is 32.2. The molecule has 0 radical (unpaired) electrons. The first-order valence-corrected chi connectivity index (χ1v) is 8.86. The third-order valence-electron chi connectivity index (χ3n) is 4.22. The minimum Gasteiger partial charge on any atom is -0.481 e. The number of carbonyl (C=O) groups is 1. The van der Waals surface area contributed by atoms with Crippen molar-refractivity contribution in [1.82, 2.24) is 9.97 Å². The summed E-state index contributed by atoms with van der Waals surface area (Å²) in [4.78, 5) is 20.5. The molecule has 2 aromatic rings. The smallest absolute Gasteiger partial charge is 0.220 e. The van der Waals surface area contributed by atoms with Gasteiger partial charge in [-0.3, -0.25) is 0 Å². The lowest BCUT2D eigenvalue weighted by Crippen LogP contribution is -2.33. The summed E-state index contributed by atoms with van der Waals surface area (Å²) >= 11 is 1.31. The second kappa shape index (κ2) is 7.87. The van der Waals surface area contributed by atoms with E-state index < -0.39 is 0 Å². The largest absolute Gasteiger partial charge is 0.481 e. The van der Waals surface area contributed by atoms with E-state index in [1.807, 2.05) is 0 Å². The Hall–Kier alpha value is -2.08. The molecule has 2 rings (SSSR count). The summed E-state index contributed by atoms with van der Waals surface area (Å²) in [5, 5.41) is 0.0943. The van der Waals surface area contributed by atoms with E-state index in [1.165, 1.54) is 37.1 Å². The molecule has 0 aliphatic heterocycles. The summed E-state index contributed by atoms with van der Waals surface area (Å²) in [7, 11) is 3.07. The van der Waals surface area contributed by atoms with Gasteiger partial charge in [0.1, 0.15) is 6.29 Å². The molecule has 0 bridgehead atoms. The van der Waals surface area contributed by atoms with E-state index >= 15 is 0 Å². The quantitative estimate of drug-likeness (QED) is 0.426. The fourth-order valence-electron chi connectivity index (χ4n) is 2.79. The van der Waals surface area contributed by atoms with Crippen LogP contribution in [0.3, 0.4) is 0 Å². The Kier molecular flexibility index (Phi) is 6.06. The number of carbonyl (C=O) groups excluding carboxylic acids is 1. The lowest BCUT2D eigenvalue weighted by atomic mass is 9.79.